The standard InChI is InChI=1S/C17H16BrNO/c1-2-19-17(13-7-5-8-14(18)10-13)16-11-12-6-3-4-9-15(12)20-16/h3-11,17,19H,2H2,1H3. The summed E-state index contributed by atoms with van der Waals surface area (Å²) in [6, 6.07) is 18.6. The minimum atomic E-state index is 0.0740. The fraction of sp³-hybridized carbons (Fsp3) is 0.176. The predicted octanol–water partition coefficient (Wildman–Crippen LogP) is 4.89. The molecule has 0 spiro atoms. The fourth-order valence-electron chi connectivity index (χ4n) is 2.42. The first-order chi connectivity index (χ1) is 9.78. The minimum absolute atomic E-state index is 0.0740. The number of halogens is 1. The summed E-state index contributed by atoms with van der Waals surface area (Å²) in [5.41, 5.74) is 2.13. The van der Waals surface area contributed by atoms with Gasteiger partial charge in [-0.3, -0.25) is 0 Å². The lowest BCUT2D eigenvalue weighted by Gasteiger charge is -2.16. The summed E-state index contributed by atoms with van der Waals surface area (Å²) in [6.45, 7) is 2.99. The third-order valence-corrected chi connectivity index (χ3v) is 3.81. The van der Waals surface area contributed by atoms with E-state index in [0.29, 0.717) is 0 Å². The van der Waals surface area contributed by atoms with Gasteiger partial charge in [0.05, 0.1) is 6.04 Å². The molecule has 0 saturated carbocycles. The van der Waals surface area contributed by atoms with Crippen LogP contribution >= 0.6 is 15.9 Å². The number of benzene rings is 2. The molecule has 20 heavy (non-hydrogen) atoms. The van der Waals surface area contributed by atoms with Crippen LogP contribution in [0.1, 0.15) is 24.3 Å². The Morgan fingerprint density at radius 1 is 1.10 bits per heavy atom. The van der Waals surface area contributed by atoms with Crippen molar-refractivity contribution in [3.8, 4) is 0 Å². The Morgan fingerprint density at radius 3 is 2.70 bits per heavy atom. The number of hydrogen-bond acceptors (Lipinski definition) is 2. The highest BCUT2D eigenvalue weighted by Crippen LogP contribution is 2.29. The number of fused-ring (bicyclic) bond motifs is 1. The van der Waals surface area contributed by atoms with Crippen LogP contribution in [0.15, 0.2) is 63.5 Å². The molecule has 0 aliphatic rings. The zero-order valence-electron chi connectivity index (χ0n) is 11.3. The first-order valence-corrected chi connectivity index (χ1v) is 7.54. The van der Waals surface area contributed by atoms with E-state index in [2.05, 4.69) is 52.4 Å². The number of para-hydroxylation sites is 1. The second kappa shape index (κ2) is 5.81. The van der Waals surface area contributed by atoms with Gasteiger partial charge in [0.15, 0.2) is 0 Å². The minimum Gasteiger partial charge on any atom is -0.459 e. The molecule has 1 aromatic heterocycles. The summed E-state index contributed by atoms with van der Waals surface area (Å²) in [4.78, 5) is 0. The van der Waals surface area contributed by atoms with E-state index in [1.54, 1.807) is 0 Å². The van der Waals surface area contributed by atoms with Crippen molar-refractivity contribution < 1.29 is 4.42 Å². The largest absolute Gasteiger partial charge is 0.459 e. The van der Waals surface area contributed by atoms with Gasteiger partial charge in [-0.15, -0.1) is 0 Å². The highest BCUT2D eigenvalue weighted by molar-refractivity contribution is 9.10. The summed E-state index contributed by atoms with van der Waals surface area (Å²) in [5.74, 6) is 0.950. The maximum atomic E-state index is 6.00. The van der Waals surface area contributed by atoms with Gasteiger partial charge in [-0.25, -0.2) is 0 Å². The Labute approximate surface area is 126 Å². The maximum Gasteiger partial charge on any atom is 0.134 e. The van der Waals surface area contributed by atoms with E-state index in [1.807, 2.05) is 30.3 Å². The zero-order chi connectivity index (χ0) is 13.9. The molecule has 0 aliphatic carbocycles. The molecule has 0 fully saturated rings. The zero-order valence-corrected chi connectivity index (χ0v) is 12.9. The smallest absolute Gasteiger partial charge is 0.134 e. The third kappa shape index (κ3) is 2.65. The van der Waals surface area contributed by atoms with Crippen LogP contribution in [0.25, 0.3) is 11.0 Å². The lowest BCUT2D eigenvalue weighted by atomic mass is 10.0. The van der Waals surface area contributed by atoms with Crippen LogP contribution in [0.4, 0.5) is 0 Å². The molecule has 0 bridgehead atoms. The second-order valence-electron chi connectivity index (χ2n) is 4.73. The van der Waals surface area contributed by atoms with Crippen LogP contribution in [-0.4, -0.2) is 6.54 Å². The normalized spacial score (nSPS) is 12.7. The molecule has 3 aromatic rings. The lowest BCUT2D eigenvalue weighted by molar-refractivity contribution is 0.477. The summed E-state index contributed by atoms with van der Waals surface area (Å²) in [7, 11) is 0. The topological polar surface area (TPSA) is 25.2 Å². The molecule has 3 rings (SSSR count). The monoisotopic (exact) mass is 329 g/mol. The highest BCUT2D eigenvalue weighted by Gasteiger charge is 2.17. The van der Waals surface area contributed by atoms with Gasteiger partial charge >= 0.3 is 0 Å². The molecule has 2 nitrogen and oxygen atoms in total. The van der Waals surface area contributed by atoms with Crippen LogP contribution in [0, 0.1) is 0 Å². The number of hydrogen-bond donors (Lipinski definition) is 1. The van der Waals surface area contributed by atoms with E-state index in [9.17, 15) is 0 Å². The average Bonchev–Trinajstić information content (AvgIpc) is 2.88. The quantitative estimate of drug-likeness (QED) is 0.736. The third-order valence-electron chi connectivity index (χ3n) is 3.32. The van der Waals surface area contributed by atoms with Crippen LogP contribution in [0.3, 0.4) is 0 Å². The Morgan fingerprint density at radius 2 is 1.95 bits per heavy atom. The van der Waals surface area contributed by atoms with Crippen molar-refractivity contribution in [1.82, 2.24) is 5.32 Å². The van der Waals surface area contributed by atoms with Crippen LogP contribution < -0.4 is 5.32 Å². The van der Waals surface area contributed by atoms with Crippen molar-refractivity contribution in [2.45, 2.75) is 13.0 Å². The molecular weight excluding hydrogens is 314 g/mol. The second-order valence-corrected chi connectivity index (χ2v) is 5.65. The SMILES string of the molecule is CCNC(c1cccc(Br)c1)c1cc2ccccc2o1. The van der Waals surface area contributed by atoms with Crippen LogP contribution in [0.2, 0.25) is 0 Å². The average molecular weight is 330 g/mol. The van der Waals surface area contributed by atoms with Gasteiger partial charge in [-0.1, -0.05) is 53.2 Å². The molecule has 1 N–H and O–H groups in total. The first-order valence-electron chi connectivity index (χ1n) is 6.75. The molecular formula is C17H16BrNO. The van der Waals surface area contributed by atoms with E-state index >= 15 is 0 Å². The van der Waals surface area contributed by atoms with Gasteiger partial charge in [-0.05, 0) is 36.4 Å². The molecule has 1 atom stereocenters. The molecule has 1 unspecified atom stereocenters. The molecule has 102 valence electrons. The Kier molecular flexibility index (Phi) is 3.90. The molecule has 3 heteroatoms. The highest BCUT2D eigenvalue weighted by atomic mass is 79.9. The van der Waals surface area contributed by atoms with Crippen molar-refractivity contribution >= 4 is 26.9 Å². The predicted molar refractivity (Wildman–Crippen MR) is 85.9 cm³/mol. The molecule has 1 heterocycles. The Hall–Kier alpha value is -1.58. The van der Waals surface area contributed by atoms with Crippen molar-refractivity contribution in [3.05, 3.63) is 70.4 Å². The van der Waals surface area contributed by atoms with Gasteiger partial charge in [0.2, 0.25) is 0 Å². The summed E-state index contributed by atoms with van der Waals surface area (Å²) >= 11 is 3.53. The van der Waals surface area contributed by atoms with Gasteiger partial charge in [0.25, 0.3) is 0 Å². The van der Waals surface area contributed by atoms with E-state index in [0.717, 1.165) is 27.7 Å². The summed E-state index contributed by atoms with van der Waals surface area (Å²) < 4.78 is 7.08. The van der Waals surface area contributed by atoms with E-state index < -0.39 is 0 Å². The molecule has 2 aromatic carbocycles. The number of rotatable bonds is 4. The fourth-order valence-corrected chi connectivity index (χ4v) is 2.83. The first kappa shape index (κ1) is 13.4. The van der Waals surface area contributed by atoms with E-state index in [4.69, 9.17) is 4.42 Å². The summed E-state index contributed by atoms with van der Waals surface area (Å²) in [6.07, 6.45) is 0. The Bertz CT molecular complexity index is 687. The van der Waals surface area contributed by atoms with Gasteiger partial charge in [0, 0.05) is 9.86 Å². The molecule has 0 amide bonds. The van der Waals surface area contributed by atoms with Crippen molar-refractivity contribution in [2.24, 2.45) is 0 Å². The van der Waals surface area contributed by atoms with Crippen LogP contribution in [0.5, 0.6) is 0 Å². The number of furan rings is 1. The van der Waals surface area contributed by atoms with E-state index in [1.165, 1.54) is 5.56 Å². The van der Waals surface area contributed by atoms with E-state index in [-0.39, 0.29) is 6.04 Å². The van der Waals surface area contributed by atoms with Crippen molar-refractivity contribution in [2.75, 3.05) is 6.54 Å². The maximum absolute atomic E-state index is 6.00. The van der Waals surface area contributed by atoms with Crippen molar-refractivity contribution in [1.29, 1.82) is 0 Å². The number of nitrogens with one attached hydrogen (secondary N) is 1. The van der Waals surface area contributed by atoms with Gasteiger partial charge in [0.1, 0.15) is 11.3 Å². The molecule has 0 radical (unpaired) electrons. The van der Waals surface area contributed by atoms with Gasteiger partial charge < -0.3 is 9.73 Å². The lowest BCUT2D eigenvalue weighted by Crippen LogP contribution is -2.21. The Balaban J connectivity index is 2.05. The molecule has 0 saturated heterocycles. The van der Waals surface area contributed by atoms with Gasteiger partial charge in [-0.2, -0.15) is 0 Å². The summed E-state index contributed by atoms with van der Waals surface area (Å²) in [5, 5.41) is 4.63. The van der Waals surface area contributed by atoms with Crippen molar-refractivity contribution in [3.63, 3.8) is 0 Å². The molecule has 0 aliphatic heterocycles. The van der Waals surface area contributed by atoms with Crippen LogP contribution in [-0.2, 0) is 0 Å².